The number of anilines is 1. The summed E-state index contributed by atoms with van der Waals surface area (Å²) in [5, 5.41) is 4.37. The summed E-state index contributed by atoms with van der Waals surface area (Å²) in [5.74, 6) is 0.116. The molecule has 0 saturated heterocycles. The lowest BCUT2D eigenvalue weighted by Crippen LogP contribution is -2.22. The number of nitrogens with zero attached hydrogens (tertiary/aromatic N) is 2. The Bertz CT molecular complexity index is 845. The lowest BCUT2D eigenvalue weighted by Gasteiger charge is -2.02. The van der Waals surface area contributed by atoms with Gasteiger partial charge in [-0.15, -0.1) is 11.3 Å². The van der Waals surface area contributed by atoms with Crippen LogP contribution in [0.1, 0.15) is 0 Å². The standard InChI is InChI=1S/C14H10Cl2N4OS/c15-7-2-1-3-8(16)11(7)14-19-9-4-5-18-13(12(9)22-14)20-10(21)6-17/h1-5H,6,17H2,(H,18,20,21). The number of halogens is 2. The number of rotatable bonds is 3. The van der Waals surface area contributed by atoms with Gasteiger partial charge < -0.3 is 11.1 Å². The van der Waals surface area contributed by atoms with Gasteiger partial charge in [0.2, 0.25) is 5.91 Å². The van der Waals surface area contributed by atoms with Crippen molar-refractivity contribution in [3.8, 4) is 10.6 Å². The molecule has 2 heterocycles. The van der Waals surface area contributed by atoms with Crippen LogP contribution in [0.4, 0.5) is 5.82 Å². The number of nitrogens with two attached hydrogens (primary N) is 1. The minimum absolute atomic E-state index is 0.111. The third-order valence-corrected chi connectivity index (χ3v) is 4.65. The molecule has 0 unspecified atom stereocenters. The van der Waals surface area contributed by atoms with Gasteiger partial charge >= 0.3 is 0 Å². The molecule has 2 aromatic heterocycles. The van der Waals surface area contributed by atoms with E-state index in [0.717, 1.165) is 4.70 Å². The number of fused-ring (bicyclic) bond motifs is 1. The highest BCUT2D eigenvalue weighted by atomic mass is 35.5. The molecule has 0 saturated carbocycles. The third kappa shape index (κ3) is 2.78. The molecule has 0 aliphatic rings. The van der Waals surface area contributed by atoms with Crippen molar-refractivity contribution in [1.82, 2.24) is 9.97 Å². The summed E-state index contributed by atoms with van der Waals surface area (Å²) in [4.78, 5) is 20.2. The molecule has 1 amide bonds. The van der Waals surface area contributed by atoms with Crippen LogP contribution < -0.4 is 11.1 Å². The minimum Gasteiger partial charge on any atom is -0.322 e. The number of nitrogens with one attached hydrogen (secondary N) is 1. The van der Waals surface area contributed by atoms with Gasteiger partial charge in [-0.25, -0.2) is 9.97 Å². The Labute approximate surface area is 140 Å². The van der Waals surface area contributed by atoms with Gasteiger partial charge in [0, 0.05) is 11.8 Å². The second kappa shape index (κ2) is 6.18. The number of benzene rings is 1. The summed E-state index contributed by atoms with van der Waals surface area (Å²) in [7, 11) is 0. The van der Waals surface area contributed by atoms with Gasteiger partial charge in [-0.3, -0.25) is 4.79 Å². The number of carbonyl (C=O) groups excluding carboxylic acids is 1. The Morgan fingerprint density at radius 1 is 1.27 bits per heavy atom. The van der Waals surface area contributed by atoms with Crippen molar-refractivity contribution < 1.29 is 4.79 Å². The van der Waals surface area contributed by atoms with E-state index in [1.54, 1.807) is 30.5 Å². The predicted molar refractivity (Wildman–Crippen MR) is 90.6 cm³/mol. The summed E-state index contributed by atoms with van der Waals surface area (Å²) in [6.07, 6.45) is 1.58. The van der Waals surface area contributed by atoms with Crippen LogP contribution in [0.15, 0.2) is 30.5 Å². The molecule has 0 aliphatic heterocycles. The monoisotopic (exact) mass is 352 g/mol. The van der Waals surface area contributed by atoms with Gasteiger partial charge in [0.05, 0.1) is 26.8 Å². The molecule has 0 aliphatic carbocycles. The normalized spacial score (nSPS) is 10.9. The number of hydrogen-bond donors (Lipinski definition) is 2. The topological polar surface area (TPSA) is 80.9 Å². The van der Waals surface area contributed by atoms with Gasteiger partial charge in [0.1, 0.15) is 5.01 Å². The van der Waals surface area contributed by atoms with Crippen molar-refractivity contribution in [2.24, 2.45) is 5.73 Å². The Hall–Kier alpha value is -1.73. The van der Waals surface area contributed by atoms with Gasteiger partial charge in [-0.05, 0) is 18.2 Å². The molecular weight excluding hydrogens is 343 g/mol. The zero-order valence-electron chi connectivity index (χ0n) is 11.1. The van der Waals surface area contributed by atoms with Crippen molar-refractivity contribution in [3.63, 3.8) is 0 Å². The first-order valence-electron chi connectivity index (χ1n) is 6.30. The van der Waals surface area contributed by atoms with Gasteiger partial charge in [0.25, 0.3) is 0 Å². The van der Waals surface area contributed by atoms with Crippen molar-refractivity contribution >= 4 is 56.5 Å². The van der Waals surface area contributed by atoms with E-state index in [1.165, 1.54) is 11.3 Å². The molecule has 3 aromatic rings. The molecule has 1 aromatic carbocycles. The molecule has 0 radical (unpaired) electrons. The maximum atomic E-state index is 11.5. The lowest BCUT2D eigenvalue weighted by molar-refractivity contribution is -0.114. The molecule has 0 atom stereocenters. The molecule has 3 N–H and O–H groups in total. The van der Waals surface area contributed by atoms with E-state index in [-0.39, 0.29) is 12.5 Å². The molecule has 0 bridgehead atoms. The van der Waals surface area contributed by atoms with Crippen LogP contribution >= 0.6 is 34.5 Å². The summed E-state index contributed by atoms with van der Waals surface area (Å²) < 4.78 is 0.746. The first-order valence-corrected chi connectivity index (χ1v) is 7.87. The Morgan fingerprint density at radius 3 is 2.68 bits per heavy atom. The van der Waals surface area contributed by atoms with E-state index in [4.69, 9.17) is 28.9 Å². The van der Waals surface area contributed by atoms with E-state index in [9.17, 15) is 4.79 Å². The number of aromatic nitrogens is 2. The van der Waals surface area contributed by atoms with Crippen molar-refractivity contribution in [3.05, 3.63) is 40.5 Å². The highest BCUT2D eigenvalue weighted by Gasteiger charge is 2.16. The number of carbonyl (C=O) groups is 1. The summed E-state index contributed by atoms with van der Waals surface area (Å²) in [5.41, 5.74) is 6.69. The average molecular weight is 353 g/mol. The maximum absolute atomic E-state index is 11.5. The van der Waals surface area contributed by atoms with Crippen LogP contribution in [0, 0.1) is 0 Å². The summed E-state index contributed by atoms with van der Waals surface area (Å²) in [6, 6.07) is 7.04. The van der Waals surface area contributed by atoms with Gasteiger partial charge in [-0.1, -0.05) is 29.3 Å². The van der Waals surface area contributed by atoms with E-state index in [0.29, 0.717) is 32.0 Å². The molecule has 0 fully saturated rings. The van der Waals surface area contributed by atoms with E-state index >= 15 is 0 Å². The van der Waals surface area contributed by atoms with Crippen molar-refractivity contribution in [1.29, 1.82) is 0 Å². The molecule has 22 heavy (non-hydrogen) atoms. The molecule has 0 spiro atoms. The fraction of sp³-hybridized carbons (Fsp3) is 0.0714. The largest absolute Gasteiger partial charge is 0.322 e. The first-order chi connectivity index (χ1) is 10.6. The fourth-order valence-electron chi connectivity index (χ4n) is 1.94. The van der Waals surface area contributed by atoms with Gasteiger partial charge in [0.15, 0.2) is 5.82 Å². The van der Waals surface area contributed by atoms with Gasteiger partial charge in [-0.2, -0.15) is 0 Å². The lowest BCUT2D eigenvalue weighted by atomic mass is 10.2. The zero-order chi connectivity index (χ0) is 15.7. The van der Waals surface area contributed by atoms with Crippen LogP contribution in [0.5, 0.6) is 0 Å². The average Bonchev–Trinajstić information content (AvgIpc) is 2.91. The molecule has 3 rings (SSSR count). The number of pyridine rings is 1. The van der Waals surface area contributed by atoms with Crippen LogP contribution in [0.2, 0.25) is 10.0 Å². The molecular formula is C14H10Cl2N4OS. The van der Waals surface area contributed by atoms with Crippen LogP contribution in [0.25, 0.3) is 20.8 Å². The third-order valence-electron chi connectivity index (χ3n) is 2.92. The van der Waals surface area contributed by atoms with E-state index < -0.39 is 0 Å². The quantitative estimate of drug-likeness (QED) is 0.754. The zero-order valence-corrected chi connectivity index (χ0v) is 13.5. The highest BCUT2D eigenvalue weighted by molar-refractivity contribution is 7.22. The Morgan fingerprint density at radius 2 is 2.00 bits per heavy atom. The number of thiazole rings is 1. The van der Waals surface area contributed by atoms with E-state index in [1.807, 2.05) is 0 Å². The number of amides is 1. The second-order valence-electron chi connectivity index (χ2n) is 4.38. The van der Waals surface area contributed by atoms with Crippen LogP contribution in [-0.4, -0.2) is 22.4 Å². The maximum Gasteiger partial charge on any atom is 0.239 e. The minimum atomic E-state index is -0.314. The molecule has 5 nitrogen and oxygen atoms in total. The Kier molecular flexibility index (Phi) is 4.26. The summed E-state index contributed by atoms with van der Waals surface area (Å²) >= 11 is 13.8. The van der Waals surface area contributed by atoms with Crippen molar-refractivity contribution in [2.75, 3.05) is 11.9 Å². The summed E-state index contributed by atoms with van der Waals surface area (Å²) in [6.45, 7) is -0.111. The Balaban J connectivity index is 2.14. The predicted octanol–water partition coefficient (Wildman–Crippen LogP) is 3.56. The molecule has 112 valence electrons. The van der Waals surface area contributed by atoms with E-state index in [2.05, 4.69) is 15.3 Å². The van der Waals surface area contributed by atoms with Crippen molar-refractivity contribution in [2.45, 2.75) is 0 Å². The molecule has 8 heteroatoms. The number of hydrogen-bond acceptors (Lipinski definition) is 5. The SMILES string of the molecule is NCC(=O)Nc1nccc2nc(-c3c(Cl)cccc3Cl)sc12. The van der Waals surface area contributed by atoms with Crippen LogP contribution in [-0.2, 0) is 4.79 Å². The van der Waals surface area contributed by atoms with Crippen LogP contribution in [0.3, 0.4) is 0 Å². The highest BCUT2D eigenvalue weighted by Crippen LogP contribution is 2.40. The second-order valence-corrected chi connectivity index (χ2v) is 6.19. The smallest absolute Gasteiger partial charge is 0.239 e. The first kappa shape index (κ1) is 15.2. The fourth-order valence-corrected chi connectivity index (χ4v) is 3.70.